The van der Waals surface area contributed by atoms with Crippen molar-refractivity contribution in [1.82, 2.24) is 5.32 Å². The van der Waals surface area contributed by atoms with E-state index < -0.39 is 0 Å². The SMILES string of the molecule is CNC1CCC(C(C)(C)C)CC1Cc1cc(Cl)ccc1F. The Morgan fingerprint density at radius 2 is 2.00 bits per heavy atom. The van der Waals surface area contributed by atoms with Gasteiger partial charge >= 0.3 is 0 Å². The zero-order chi connectivity index (χ0) is 15.6. The topological polar surface area (TPSA) is 12.0 Å². The number of nitrogens with one attached hydrogen (secondary N) is 1. The molecule has 0 aliphatic heterocycles. The molecule has 1 fully saturated rings. The van der Waals surface area contributed by atoms with Crippen LogP contribution in [0.3, 0.4) is 0 Å². The van der Waals surface area contributed by atoms with Gasteiger partial charge in [0, 0.05) is 11.1 Å². The fraction of sp³-hybridized carbons (Fsp3) is 0.667. The number of hydrogen-bond donors (Lipinski definition) is 1. The summed E-state index contributed by atoms with van der Waals surface area (Å²) in [4.78, 5) is 0. The standard InChI is InChI=1S/C18H27ClFN/c1-18(2,3)14-5-8-17(21-4)13(10-14)9-12-11-15(19)6-7-16(12)20/h6-7,11,13-14,17,21H,5,8-10H2,1-4H3. The molecule has 0 saturated heterocycles. The predicted molar refractivity (Wildman–Crippen MR) is 88.2 cm³/mol. The molecule has 1 nitrogen and oxygen atoms in total. The Kier molecular flexibility index (Phi) is 5.32. The number of hydrogen-bond acceptors (Lipinski definition) is 1. The Morgan fingerprint density at radius 1 is 1.29 bits per heavy atom. The Balaban J connectivity index is 2.16. The minimum atomic E-state index is -0.132. The van der Waals surface area contributed by atoms with Gasteiger partial charge in [0.1, 0.15) is 5.82 Å². The molecule has 21 heavy (non-hydrogen) atoms. The molecular formula is C18H27ClFN. The van der Waals surface area contributed by atoms with Gasteiger partial charge in [0.2, 0.25) is 0 Å². The first-order chi connectivity index (χ1) is 9.81. The van der Waals surface area contributed by atoms with Crippen molar-refractivity contribution in [2.45, 2.75) is 52.5 Å². The molecule has 0 radical (unpaired) electrons. The maximum Gasteiger partial charge on any atom is 0.126 e. The summed E-state index contributed by atoms with van der Waals surface area (Å²) in [7, 11) is 2.02. The lowest BCUT2D eigenvalue weighted by Gasteiger charge is -2.42. The molecule has 1 saturated carbocycles. The van der Waals surface area contributed by atoms with Crippen LogP contribution in [0.25, 0.3) is 0 Å². The molecule has 0 amide bonds. The van der Waals surface area contributed by atoms with Gasteiger partial charge in [0.25, 0.3) is 0 Å². The summed E-state index contributed by atoms with van der Waals surface area (Å²) in [6.07, 6.45) is 4.35. The van der Waals surface area contributed by atoms with Crippen molar-refractivity contribution in [3.63, 3.8) is 0 Å². The molecule has 2 rings (SSSR count). The van der Waals surface area contributed by atoms with Crippen LogP contribution in [0.5, 0.6) is 0 Å². The summed E-state index contributed by atoms with van der Waals surface area (Å²) >= 11 is 6.02. The molecule has 1 aliphatic carbocycles. The molecule has 3 unspecified atom stereocenters. The summed E-state index contributed by atoms with van der Waals surface area (Å²) in [6.45, 7) is 6.94. The molecule has 1 N–H and O–H groups in total. The highest BCUT2D eigenvalue weighted by Gasteiger charge is 2.35. The van der Waals surface area contributed by atoms with E-state index >= 15 is 0 Å². The lowest BCUT2D eigenvalue weighted by Crippen LogP contribution is -2.42. The van der Waals surface area contributed by atoms with Crippen LogP contribution in [0.15, 0.2) is 18.2 Å². The van der Waals surface area contributed by atoms with E-state index in [1.54, 1.807) is 12.1 Å². The van der Waals surface area contributed by atoms with Gasteiger partial charge in [0.05, 0.1) is 0 Å². The fourth-order valence-corrected chi connectivity index (χ4v) is 3.83. The summed E-state index contributed by atoms with van der Waals surface area (Å²) in [5.74, 6) is 1.04. The van der Waals surface area contributed by atoms with Crippen molar-refractivity contribution in [1.29, 1.82) is 0 Å². The van der Waals surface area contributed by atoms with E-state index in [4.69, 9.17) is 11.6 Å². The van der Waals surface area contributed by atoms with E-state index in [0.717, 1.165) is 18.4 Å². The zero-order valence-corrected chi connectivity index (χ0v) is 14.3. The van der Waals surface area contributed by atoms with Gasteiger partial charge in [0.15, 0.2) is 0 Å². The average Bonchev–Trinajstić information content (AvgIpc) is 2.42. The Bertz CT molecular complexity index is 481. The van der Waals surface area contributed by atoms with Crippen molar-refractivity contribution >= 4 is 11.6 Å². The van der Waals surface area contributed by atoms with E-state index in [-0.39, 0.29) is 5.82 Å². The summed E-state index contributed by atoms with van der Waals surface area (Å²) in [5, 5.41) is 4.05. The van der Waals surface area contributed by atoms with E-state index in [9.17, 15) is 4.39 Å². The molecule has 0 bridgehead atoms. The second-order valence-corrected chi connectivity index (χ2v) is 7.91. The highest BCUT2D eigenvalue weighted by molar-refractivity contribution is 6.30. The molecule has 0 spiro atoms. The van der Waals surface area contributed by atoms with Crippen molar-refractivity contribution in [3.05, 3.63) is 34.6 Å². The van der Waals surface area contributed by atoms with Crippen LogP contribution in [0.4, 0.5) is 4.39 Å². The highest BCUT2D eigenvalue weighted by atomic mass is 35.5. The second kappa shape index (κ2) is 6.66. The highest BCUT2D eigenvalue weighted by Crippen LogP contribution is 2.41. The first kappa shape index (κ1) is 16.8. The minimum absolute atomic E-state index is 0.132. The van der Waals surface area contributed by atoms with Crippen LogP contribution in [0, 0.1) is 23.1 Å². The lowest BCUT2D eigenvalue weighted by atomic mass is 9.66. The maximum atomic E-state index is 14.0. The third kappa shape index (κ3) is 4.20. The molecule has 0 heterocycles. The third-order valence-electron chi connectivity index (χ3n) is 5.07. The Labute approximate surface area is 133 Å². The van der Waals surface area contributed by atoms with E-state index in [0.29, 0.717) is 28.3 Å². The molecule has 118 valence electrons. The second-order valence-electron chi connectivity index (χ2n) is 7.47. The summed E-state index contributed by atoms with van der Waals surface area (Å²) in [5.41, 5.74) is 1.08. The van der Waals surface area contributed by atoms with Crippen LogP contribution in [0.1, 0.15) is 45.6 Å². The van der Waals surface area contributed by atoms with Gasteiger partial charge < -0.3 is 5.32 Å². The van der Waals surface area contributed by atoms with Crippen LogP contribution in [-0.2, 0) is 6.42 Å². The third-order valence-corrected chi connectivity index (χ3v) is 5.30. The van der Waals surface area contributed by atoms with Gasteiger partial charge in [-0.2, -0.15) is 0 Å². The predicted octanol–water partition coefficient (Wildman–Crippen LogP) is 5.07. The summed E-state index contributed by atoms with van der Waals surface area (Å²) in [6, 6.07) is 5.36. The molecule has 1 aliphatic rings. The van der Waals surface area contributed by atoms with E-state index in [1.165, 1.54) is 18.9 Å². The lowest BCUT2D eigenvalue weighted by molar-refractivity contribution is 0.116. The number of halogens is 2. The minimum Gasteiger partial charge on any atom is -0.317 e. The first-order valence-corrected chi connectivity index (χ1v) is 8.30. The van der Waals surface area contributed by atoms with Gasteiger partial charge in [-0.25, -0.2) is 4.39 Å². The van der Waals surface area contributed by atoms with Gasteiger partial charge in [-0.15, -0.1) is 0 Å². The van der Waals surface area contributed by atoms with Crippen LogP contribution in [0.2, 0.25) is 5.02 Å². The quantitative estimate of drug-likeness (QED) is 0.821. The van der Waals surface area contributed by atoms with Crippen molar-refractivity contribution in [2.75, 3.05) is 7.05 Å². The number of benzene rings is 1. The molecule has 0 aromatic heterocycles. The largest absolute Gasteiger partial charge is 0.317 e. The fourth-order valence-electron chi connectivity index (χ4n) is 3.64. The molecule has 3 heteroatoms. The van der Waals surface area contributed by atoms with Crippen molar-refractivity contribution in [3.8, 4) is 0 Å². The Hall–Kier alpha value is -0.600. The van der Waals surface area contributed by atoms with Crippen LogP contribution < -0.4 is 5.32 Å². The average molecular weight is 312 g/mol. The molecule has 3 atom stereocenters. The van der Waals surface area contributed by atoms with Gasteiger partial charge in [-0.1, -0.05) is 32.4 Å². The van der Waals surface area contributed by atoms with Gasteiger partial charge in [-0.3, -0.25) is 0 Å². The molecule has 1 aromatic rings. The Morgan fingerprint density at radius 3 is 2.62 bits per heavy atom. The monoisotopic (exact) mass is 311 g/mol. The van der Waals surface area contributed by atoms with Crippen LogP contribution in [-0.4, -0.2) is 13.1 Å². The van der Waals surface area contributed by atoms with Gasteiger partial charge in [-0.05, 0) is 73.7 Å². The zero-order valence-electron chi connectivity index (χ0n) is 13.5. The molecule has 1 aromatic carbocycles. The smallest absolute Gasteiger partial charge is 0.126 e. The maximum absolute atomic E-state index is 14.0. The molecular weight excluding hydrogens is 285 g/mol. The van der Waals surface area contributed by atoms with Crippen molar-refractivity contribution < 1.29 is 4.39 Å². The number of rotatable bonds is 3. The van der Waals surface area contributed by atoms with Crippen molar-refractivity contribution in [2.24, 2.45) is 17.3 Å². The van der Waals surface area contributed by atoms with E-state index in [2.05, 4.69) is 26.1 Å². The van der Waals surface area contributed by atoms with Crippen LogP contribution >= 0.6 is 11.6 Å². The van der Waals surface area contributed by atoms with E-state index in [1.807, 2.05) is 7.05 Å². The first-order valence-electron chi connectivity index (χ1n) is 7.92. The summed E-state index contributed by atoms with van der Waals surface area (Å²) < 4.78 is 14.0. The normalized spacial score (nSPS) is 26.9.